The summed E-state index contributed by atoms with van der Waals surface area (Å²) in [6, 6.07) is 15.8. The molecule has 2 N–H and O–H groups in total. The summed E-state index contributed by atoms with van der Waals surface area (Å²) in [5, 5.41) is 6.94. The van der Waals surface area contributed by atoms with Crippen molar-refractivity contribution in [3.8, 4) is 0 Å². The number of ether oxygens (including phenoxy) is 1. The zero-order chi connectivity index (χ0) is 24.1. The highest BCUT2D eigenvalue weighted by Crippen LogP contribution is 2.26. The Morgan fingerprint density at radius 2 is 1.79 bits per heavy atom. The van der Waals surface area contributed by atoms with Crippen LogP contribution in [0.1, 0.15) is 34.1 Å². The number of nitrogens with one attached hydrogen (secondary N) is 2. The number of aryl methyl sites for hydroxylation is 1. The normalized spacial score (nSPS) is 16.1. The molecule has 0 spiro atoms. The van der Waals surface area contributed by atoms with Crippen LogP contribution in [0.4, 0.5) is 9.93 Å². The molecule has 0 aliphatic carbocycles. The number of rotatable bonds is 8. The van der Waals surface area contributed by atoms with Gasteiger partial charge in [0.05, 0.1) is 7.11 Å². The summed E-state index contributed by atoms with van der Waals surface area (Å²) in [5.74, 6) is -1.70. The number of benzene rings is 2. The zero-order valence-corrected chi connectivity index (χ0v) is 19.1. The van der Waals surface area contributed by atoms with Gasteiger partial charge < -0.3 is 15.4 Å². The molecule has 9 nitrogen and oxygen atoms in total. The van der Waals surface area contributed by atoms with Crippen molar-refractivity contribution >= 4 is 40.3 Å². The van der Waals surface area contributed by atoms with Crippen LogP contribution in [0.3, 0.4) is 0 Å². The van der Waals surface area contributed by atoms with Crippen molar-refractivity contribution in [1.82, 2.24) is 15.2 Å². The van der Waals surface area contributed by atoms with E-state index in [0.29, 0.717) is 12.0 Å². The maximum atomic E-state index is 13.3. The van der Waals surface area contributed by atoms with E-state index in [4.69, 9.17) is 0 Å². The fourth-order valence-electron chi connectivity index (χ4n) is 3.70. The van der Waals surface area contributed by atoms with Gasteiger partial charge in [0.15, 0.2) is 10.8 Å². The molecular weight excluding hydrogens is 456 g/mol. The average molecular weight is 479 g/mol. The molecule has 2 heterocycles. The number of urea groups is 1. The van der Waals surface area contributed by atoms with E-state index in [2.05, 4.69) is 20.4 Å². The predicted octanol–water partition coefficient (Wildman–Crippen LogP) is 3.16. The predicted molar refractivity (Wildman–Crippen MR) is 125 cm³/mol. The van der Waals surface area contributed by atoms with Gasteiger partial charge in [0.1, 0.15) is 12.1 Å². The Morgan fingerprint density at radius 1 is 1.12 bits per heavy atom. The fourth-order valence-corrected chi connectivity index (χ4v) is 4.39. The summed E-state index contributed by atoms with van der Waals surface area (Å²) < 4.78 is 4.64. The number of aromatic nitrogens is 1. The van der Waals surface area contributed by atoms with Crippen molar-refractivity contribution in [3.05, 3.63) is 82.9 Å². The Bertz CT molecular complexity index is 1200. The first-order chi connectivity index (χ1) is 16.5. The first kappa shape index (κ1) is 23.1. The maximum Gasteiger partial charge on any atom is 0.357 e. The van der Waals surface area contributed by atoms with Crippen LogP contribution in [0, 0.1) is 0 Å². The van der Waals surface area contributed by atoms with Gasteiger partial charge in [-0.05, 0) is 24.0 Å². The summed E-state index contributed by atoms with van der Waals surface area (Å²) in [5.41, 5.74) is 1.66. The summed E-state index contributed by atoms with van der Waals surface area (Å²) in [6.45, 7) is 0. The van der Waals surface area contributed by atoms with Crippen LogP contribution in [-0.2, 0) is 20.7 Å². The van der Waals surface area contributed by atoms with E-state index >= 15 is 0 Å². The number of amides is 4. The van der Waals surface area contributed by atoms with Crippen LogP contribution in [0.5, 0.6) is 0 Å². The Morgan fingerprint density at radius 3 is 2.47 bits per heavy atom. The molecule has 0 saturated carbocycles. The Balaban J connectivity index is 1.57. The topological polar surface area (TPSA) is 118 Å². The van der Waals surface area contributed by atoms with Gasteiger partial charge >= 0.3 is 12.0 Å². The molecule has 174 valence electrons. The lowest BCUT2D eigenvalue weighted by Crippen LogP contribution is -2.48. The smallest absolute Gasteiger partial charge is 0.357 e. The molecule has 4 rings (SSSR count). The van der Waals surface area contributed by atoms with Gasteiger partial charge in [-0.1, -0.05) is 60.7 Å². The Kier molecular flexibility index (Phi) is 6.98. The number of carbonyl (C=O) groups is 4. The quantitative estimate of drug-likeness (QED) is 0.379. The highest BCUT2D eigenvalue weighted by molar-refractivity contribution is 7.14. The van der Waals surface area contributed by atoms with E-state index < -0.39 is 35.9 Å². The molecule has 1 aliphatic heterocycles. The van der Waals surface area contributed by atoms with Gasteiger partial charge in [-0.15, -0.1) is 11.3 Å². The monoisotopic (exact) mass is 478 g/mol. The molecule has 2 aromatic carbocycles. The van der Waals surface area contributed by atoms with E-state index in [9.17, 15) is 19.2 Å². The highest BCUT2D eigenvalue weighted by atomic mass is 32.1. The van der Waals surface area contributed by atoms with Crippen LogP contribution in [-0.4, -0.2) is 46.9 Å². The number of carbonyl (C=O) groups excluding carboxylic acids is 4. The number of nitrogens with zero attached hydrogens (tertiary/aromatic N) is 2. The second-order valence-electron chi connectivity index (χ2n) is 7.56. The summed E-state index contributed by atoms with van der Waals surface area (Å²) in [6.07, 6.45) is 0.684. The van der Waals surface area contributed by atoms with Gasteiger partial charge in [-0.3, -0.25) is 9.59 Å². The summed E-state index contributed by atoms with van der Waals surface area (Å²) >= 11 is 1.05. The number of hydrogen-bond acceptors (Lipinski definition) is 7. The van der Waals surface area contributed by atoms with Gasteiger partial charge in [-0.25, -0.2) is 19.5 Å². The van der Waals surface area contributed by atoms with Crippen molar-refractivity contribution in [2.75, 3.05) is 12.4 Å². The third-order valence-corrected chi connectivity index (χ3v) is 6.15. The summed E-state index contributed by atoms with van der Waals surface area (Å²) in [4.78, 5) is 56.1. The first-order valence-electron chi connectivity index (χ1n) is 10.5. The van der Waals surface area contributed by atoms with Crippen LogP contribution >= 0.6 is 11.3 Å². The first-order valence-corrected chi connectivity index (χ1v) is 11.4. The lowest BCUT2D eigenvalue weighted by atomic mass is 10.0. The molecule has 2 atom stereocenters. The third-order valence-electron chi connectivity index (χ3n) is 5.40. The number of esters is 1. The molecule has 1 aromatic heterocycles. The van der Waals surface area contributed by atoms with Crippen molar-refractivity contribution in [2.45, 2.75) is 24.9 Å². The minimum atomic E-state index is -1.08. The van der Waals surface area contributed by atoms with E-state index in [-0.39, 0.29) is 17.2 Å². The van der Waals surface area contributed by atoms with Crippen LogP contribution in [0.2, 0.25) is 0 Å². The minimum Gasteiger partial charge on any atom is -0.464 e. The second kappa shape index (κ2) is 10.3. The SMILES string of the molecule is COC(=O)c1csc(NC(=O)[C@H](CCc2ccccc2)N2C(=O)N[C@@H](c3ccccc3)C2=O)n1. The van der Waals surface area contributed by atoms with E-state index in [1.54, 1.807) is 24.3 Å². The van der Waals surface area contributed by atoms with Crippen LogP contribution < -0.4 is 10.6 Å². The molecule has 3 aromatic rings. The Hall–Kier alpha value is -4.05. The number of methoxy groups -OCH3 is 1. The molecule has 1 aliphatic rings. The molecule has 0 unspecified atom stereocenters. The van der Waals surface area contributed by atoms with Gasteiger partial charge in [0.2, 0.25) is 5.91 Å². The summed E-state index contributed by atoms with van der Waals surface area (Å²) in [7, 11) is 1.24. The van der Waals surface area contributed by atoms with Crippen molar-refractivity contribution in [2.24, 2.45) is 0 Å². The number of anilines is 1. The standard InChI is InChI=1S/C24H22N4O5S/c1-33-22(31)17-14-34-23(25-17)27-20(29)18(13-12-15-8-4-2-5-9-15)28-21(30)19(26-24(28)32)16-10-6-3-7-11-16/h2-11,14,18-19H,12-13H2,1H3,(H,26,32)(H,25,27,29)/t18-,19-/m0/s1. The number of imide groups is 1. The molecule has 4 amide bonds. The molecule has 1 saturated heterocycles. The third kappa shape index (κ3) is 4.96. The largest absolute Gasteiger partial charge is 0.464 e. The van der Waals surface area contributed by atoms with E-state index in [1.807, 2.05) is 36.4 Å². The highest BCUT2D eigenvalue weighted by Gasteiger charge is 2.45. The second-order valence-corrected chi connectivity index (χ2v) is 8.42. The van der Waals surface area contributed by atoms with Crippen molar-refractivity contribution < 1.29 is 23.9 Å². The van der Waals surface area contributed by atoms with Gasteiger partial charge in [0, 0.05) is 5.38 Å². The van der Waals surface area contributed by atoms with Crippen LogP contribution in [0.15, 0.2) is 66.0 Å². The number of hydrogen-bond donors (Lipinski definition) is 2. The maximum absolute atomic E-state index is 13.3. The van der Waals surface area contributed by atoms with Crippen molar-refractivity contribution in [1.29, 1.82) is 0 Å². The van der Waals surface area contributed by atoms with E-state index in [1.165, 1.54) is 12.5 Å². The lowest BCUT2D eigenvalue weighted by Gasteiger charge is -2.24. The molecule has 10 heteroatoms. The Labute approximate surface area is 199 Å². The number of thiazole rings is 1. The van der Waals surface area contributed by atoms with E-state index in [0.717, 1.165) is 21.8 Å². The fraction of sp³-hybridized carbons (Fsp3) is 0.208. The molecule has 0 bridgehead atoms. The van der Waals surface area contributed by atoms with Gasteiger partial charge in [0.25, 0.3) is 5.91 Å². The average Bonchev–Trinajstić information content (AvgIpc) is 3.44. The lowest BCUT2D eigenvalue weighted by molar-refractivity contribution is -0.134. The van der Waals surface area contributed by atoms with Gasteiger partial charge in [-0.2, -0.15) is 0 Å². The molecular formula is C24H22N4O5S. The van der Waals surface area contributed by atoms with Crippen LogP contribution in [0.25, 0.3) is 0 Å². The zero-order valence-electron chi connectivity index (χ0n) is 18.3. The molecule has 1 fully saturated rings. The molecule has 0 radical (unpaired) electrons. The minimum absolute atomic E-state index is 0.0581. The molecule has 34 heavy (non-hydrogen) atoms. The van der Waals surface area contributed by atoms with Crippen molar-refractivity contribution in [3.63, 3.8) is 0 Å².